The van der Waals surface area contributed by atoms with Crippen molar-refractivity contribution < 1.29 is 53.9 Å². The Balaban J connectivity index is 0.00000324. The maximum Gasteiger partial charge on any atom is 1.00 e. The van der Waals surface area contributed by atoms with Crippen LogP contribution >= 0.6 is 23.1 Å². The first-order valence-electron chi connectivity index (χ1n) is 9.37. The van der Waals surface area contributed by atoms with Gasteiger partial charge in [-0.3, -0.25) is 24.5 Å². The summed E-state index contributed by atoms with van der Waals surface area (Å²) in [6.45, 7) is 0. The molecule has 0 radical (unpaired) electrons. The average Bonchev–Trinajstić information content (AvgIpc) is 3.25. The molecule has 0 saturated carbocycles. The van der Waals surface area contributed by atoms with Crippen molar-refractivity contribution in [3.05, 3.63) is 52.7 Å². The van der Waals surface area contributed by atoms with Crippen LogP contribution in [0.3, 0.4) is 0 Å². The fourth-order valence-electron chi connectivity index (χ4n) is 3.24. The summed E-state index contributed by atoms with van der Waals surface area (Å²) in [5.41, 5.74) is 6.34. The normalized spacial score (nSPS) is 19.9. The number of thioether (sulfide) groups is 1. The van der Waals surface area contributed by atoms with Crippen LogP contribution in [0.5, 0.6) is 0 Å². The summed E-state index contributed by atoms with van der Waals surface area (Å²) in [5, 5.41) is 19.3. The van der Waals surface area contributed by atoms with Crippen molar-refractivity contribution in [3.63, 3.8) is 0 Å². The molecule has 2 amide bonds. The third kappa shape index (κ3) is 5.15. The van der Waals surface area contributed by atoms with Crippen molar-refractivity contribution in [2.75, 3.05) is 18.6 Å². The monoisotopic (exact) mass is 509 g/mol. The van der Waals surface area contributed by atoms with E-state index in [2.05, 4.69) is 25.4 Å². The molecule has 15 heteroatoms. The minimum absolute atomic E-state index is 0. The number of hydrogen-bond donors (Lipinski definition) is 2. The molecule has 0 spiro atoms. The van der Waals surface area contributed by atoms with Crippen LogP contribution in [0.15, 0.2) is 46.5 Å². The molecular weight excluding hydrogens is 493 g/mol. The van der Waals surface area contributed by atoms with E-state index in [1.807, 2.05) is 0 Å². The summed E-state index contributed by atoms with van der Waals surface area (Å²) in [6, 6.07) is -0.958. The molecule has 170 valence electrons. The van der Waals surface area contributed by atoms with Crippen LogP contribution in [-0.4, -0.2) is 67.6 Å². The first kappa shape index (κ1) is 25.8. The van der Waals surface area contributed by atoms with Gasteiger partial charge in [-0.05, 0) is 11.6 Å². The van der Waals surface area contributed by atoms with Crippen molar-refractivity contribution in [1.82, 2.24) is 25.2 Å². The Bertz CT molecular complexity index is 1200. The first-order chi connectivity index (χ1) is 15.9. The third-order valence-corrected chi connectivity index (χ3v) is 6.65. The van der Waals surface area contributed by atoms with E-state index in [4.69, 9.17) is 10.6 Å². The number of nitrogen functional groups attached to an aromatic ring is 1. The number of carbonyl (C=O) groups excluding carboxylic acids is 3. The van der Waals surface area contributed by atoms with Crippen molar-refractivity contribution in [1.29, 1.82) is 0 Å². The van der Waals surface area contributed by atoms with Gasteiger partial charge in [0.1, 0.15) is 24.2 Å². The van der Waals surface area contributed by atoms with E-state index in [9.17, 15) is 19.5 Å². The number of β-lactam (4-membered cyclic amide) rings is 1. The first-order valence-corrected chi connectivity index (χ1v) is 11.3. The van der Waals surface area contributed by atoms with Gasteiger partial charge in [0.25, 0.3) is 11.8 Å². The summed E-state index contributed by atoms with van der Waals surface area (Å²) in [5.74, 6) is -2.49. The minimum Gasteiger partial charge on any atom is -0.543 e. The molecule has 2 aliphatic heterocycles. The molecule has 2 atom stereocenters. The number of oxime groups is 1. The number of hydrogen-bond acceptors (Lipinski definition) is 12. The molecule has 0 aromatic carbocycles. The van der Waals surface area contributed by atoms with Crippen LogP contribution in [0.1, 0.15) is 11.4 Å². The second-order valence-corrected chi connectivity index (χ2v) is 8.67. The van der Waals surface area contributed by atoms with Crippen LogP contribution in [0.4, 0.5) is 5.13 Å². The third-order valence-electron chi connectivity index (χ3n) is 4.68. The zero-order chi connectivity index (χ0) is 23.5. The number of thiazole rings is 1. The van der Waals surface area contributed by atoms with Gasteiger partial charge < -0.3 is 25.8 Å². The molecule has 0 unspecified atom stereocenters. The number of carbonyl (C=O) groups is 3. The molecule has 2 aliphatic rings. The molecule has 2 aromatic rings. The number of aromatic nitrogens is 3. The summed E-state index contributed by atoms with van der Waals surface area (Å²) in [6.07, 6.45) is 7.70. The van der Waals surface area contributed by atoms with E-state index in [0.29, 0.717) is 11.3 Å². The van der Waals surface area contributed by atoms with E-state index in [1.54, 1.807) is 12.2 Å². The van der Waals surface area contributed by atoms with Crippen LogP contribution in [-0.2, 0) is 19.2 Å². The summed E-state index contributed by atoms with van der Waals surface area (Å²) in [7, 11) is 1.27. The van der Waals surface area contributed by atoms with Crippen LogP contribution < -0.4 is 45.7 Å². The Hall–Kier alpha value is -2.78. The van der Waals surface area contributed by atoms with Gasteiger partial charge in [0.15, 0.2) is 10.8 Å². The number of nitrogens with zero attached hydrogens (tertiary/aromatic N) is 5. The Morgan fingerprint density at radius 2 is 2.18 bits per heavy atom. The molecule has 12 nitrogen and oxygen atoms in total. The predicted octanol–water partition coefficient (Wildman–Crippen LogP) is -4.01. The number of aliphatic carboxylic acids is 1. The van der Waals surface area contributed by atoms with Gasteiger partial charge in [0.2, 0.25) is 0 Å². The molecular formula is C19H16N7NaO5S2. The Labute approximate surface area is 223 Å². The van der Waals surface area contributed by atoms with E-state index in [0.717, 1.165) is 16.2 Å². The second kappa shape index (κ2) is 11.1. The molecule has 34 heavy (non-hydrogen) atoms. The average molecular weight is 510 g/mol. The van der Waals surface area contributed by atoms with Gasteiger partial charge in [0.05, 0.1) is 23.6 Å². The quantitative estimate of drug-likeness (QED) is 0.162. The summed E-state index contributed by atoms with van der Waals surface area (Å²) >= 11 is 2.42. The maximum absolute atomic E-state index is 12.8. The molecule has 2 aromatic heterocycles. The van der Waals surface area contributed by atoms with Crippen LogP contribution in [0.25, 0.3) is 6.08 Å². The predicted molar refractivity (Wildman–Crippen MR) is 118 cm³/mol. The largest absolute Gasteiger partial charge is 1.00 e. The molecule has 4 heterocycles. The Morgan fingerprint density at radius 1 is 1.38 bits per heavy atom. The van der Waals surface area contributed by atoms with Crippen molar-refractivity contribution in [3.8, 4) is 0 Å². The number of nitrogens with two attached hydrogens (primary N) is 1. The molecule has 1 saturated heterocycles. The van der Waals surface area contributed by atoms with Gasteiger partial charge in [-0.25, -0.2) is 4.98 Å². The standard InChI is InChI=1S/C19H17N7O5S2.Na/c1-31-25-12(11-8-33-19(20)23-11)15(27)24-13-16(28)26-14(18(29)30)9(7-32-17(13)26)2-3-10-6-21-4-5-22-10;/h2-6,8,13,17H,7H2,1H3,(H2,20,23)(H,24,27)(H,29,30);/q;+1/p-1/b3-2+,25-12-;/t13-,17+;/m1./s1. The van der Waals surface area contributed by atoms with E-state index >= 15 is 0 Å². The van der Waals surface area contributed by atoms with Gasteiger partial charge in [-0.15, -0.1) is 23.1 Å². The number of fused-ring (bicyclic) bond motifs is 1. The Kier molecular flexibility index (Phi) is 8.43. The number of rotatable bonds is 7. The fourth-order valence-corrected chi connectivity index (χ4v) is 5.11. The fraction of sp³-hybridized carbons (Fsp3) is 0.211. The number of anilines is 1. The molecule has 0 bridgehead atoms. The van der Waals surface area contributed by atoms with E-state index < -0.39 is 29.2 Å². The van der Waals surface area contributed by atoms with E-state index in [-0.39, 0.29) is 57.5 Å². The van der Waals surface area contributed by atoms with Gasteiger partial charge in [0, 0.05) is 23.5 Å². The second-order valence-electron chi connectivity index (χ2n) is 6.68. The van der Waals surface area contributed by atoms with Crippen molar-refractivity contribution >= 4 is 57.8 Å². The molecule has 1 fully saturated rings. The molecule has 0 aliphatic carbocycles. The summed E-state index contributed by atoms with van der Waals surface area (Å²) in [4.78, 5) is 55.3. The molecule has 3 N–H and O–H groups in total. The van der Waals surface area contributed by atoms with Gasteiger partial charge >= 0.3 is 29.6 Å². The zero-order valence-corrected chi connectivity index (χ0v) is 21.6. The topological polar surface area (TPSA) is 176 Å². The number of nitrogens with one attached hydrogen (secondary N) is 1. The van der Waals surface area contributed by atoms with Gasteiger partial charge in [-0.2, -0.15) is 0 Å². The number of carboxylic acid groups (broad SMARTS) is 1. The van der Waals surface area contributed by atoms with Gasteiger partial charge in [-0.1, -0.05) is 11.2 Å². The SMILES string of the molecule is CO/N=C(\C(=O)N[C@@H]1C(=O)N2C(C(=O)[O-])=C(/C=C/c3cnccn3)CS[C@@H]12)c1csc(N)n1.[Na+]. The van der Waals surface area contributed by atoms with E-state index in [1.165, 1.54) is 42.8 Å². The van der Waals surface area contributed by atoms with Crippen molar-refractivity contribution in [2.45, 2.75) is 11.4 Å². The maximum atomic E-state index is 12.8. The smallest absolute Gasteiger partial charge is 0.543 e. The zero-order valence-electron chi connectivity index (χ0n) is 18.0. The Morgan fingerprint density at radius 3 is 2.79 bits per heavy atom. The summed E-state index contributed by atoms with van der Waals surface area (Å²) < 4.78 is 0. The van der Waals surface area contributed by atoms with Crippen LogP contribution in [0.2, 0.25) is 0 Å². The number of allylic oxidation sites excluding steroid dienone is 1. The minimum atomic E-state index is -1.49. The van der Waals surface area contributed by atoms with Crippen LogP contribution in [0, 0.1) is 0 Å². The number of amides is 2. The van der Waals surface area contributed by atoms with Crippen molar-refractivity contribution in [2.24, 2.45) is 5.16 Å². The number of carboxylic acids is 1. The molecule has 4 rings (SSSR count).